The maximum absolute atomic E-state index is 11.1. The van der Waals surface area contributed by atoms with Crippen LogP contribution < -0.4 is 5.32 Å². The zero-order valence-corrected chi connectivity index (χ0v) is 9.05. The Morgan fingerprint density at radius 1 is 1.50 bits per heavy atom. The van der Waals surface area contributed by atoms with Crippen LogP contribution in [0, 0.1) is 0 Å². The first-order chi connectivity index (χ1) is 6.59. The Hall–Kier alpha value is -0.610. The minimum atomic E-state index is -0.485. The van der Waals surface area contributed by atoms with Crippen molar-refractivity contribution in [3.8, 4) is 0 Å². The van der Waals surface area contributed by atoms with Gasteiger partial charge < -0.3 is 10.4 Å². The second-order valence-electron chi connectivity index (χ2n) is 3.99. The molecule has 1 rings (SSSR count). The minimum absolute atomic E-state index is 0.0967. The number of carbonyl (C=O) groups excluding carboxylic acids is 1. The fourth-order valence-corrected chi connectivity index (χ4v) is 1.71. The van der Waals surface area contributed by atoms with Crippen LogP contribution in [0.3, 0.4) is 0 Å². The van der Waals surface area contributed by atoms with Gasteiger partial charge in [-0.1, -0.05) is 6.92 Å². The molecule has 0 aromatic rings. The van der Waals surface area contributed by atoms with Crippen molar-refractivity contribution in [2.45, 2.75) is 32.3 Å². The van der Waals surface area contributed by atoms with Gasteiger partial charge in [0.1, 0.15) is 0 Å². The van der Waals surface area contributed by atoms with Crippen molar-refractivity contribution in [1.82, 2.24) is 10.2 Å². The summed E-state index contributed by atoms with van der Waals surface area (Å²) in [5.74, 6) is 0.0967. The Morgan fingerprint density at radius 3 is 2.64 bits per heavy atom. The van der Waals surface area contributed by atoms with E-state index in [1.165, 1.54) is 0 Å². The van der Waals surface area contributed by atoms with Gasteiger partial charge in [0.15, 0.2) is 0 Å². The summed E-state index contributed by atoms with van der Waals surface area (Å²) in [6.07, 6.45) is 1.33. The Bertz CT molecular complexity index is 200. The second-order valence-corrected chi connectivity index (χ2v) is 3.99. The maximum atomic E-state index is 11.1. The third kappa shape index (κ3) is 2.96. The zero-order chi connectivity index (χ0) is 10.6. The van der Waals surface area contributed by atoms with Gasteiger partial charge >= 0.3 is 0 Å². The predicted molar refractivity (Wildman–Crippen MR) is 55.0 cm³/mol. The zero-order valence-electron chi connectivity index (χ0n) is 9.05. The minimum Gasteiger partial charge on any atom is -0.387 e. The summed E-state index contributed by atoms with van der Waals surface area (Å²) in [7, 11) is 0. The maximum Gasteiger partial charge on any atom is 0.221 e. The molecule has 82 valence electrons. The molecular weight excluding hydrogens is 180 g/mol. The van der Waals surface area contributed by atoms with E-state index in [-0.39, 0.29) is 5.91 Å². The number of likely N-dealkylation sites (tertiary alicyclic amines) is 1. The van der Waals surface area contributed by atoms with Crippen molar-refractivity contribution < 1.29 is 9.90 Å². The van der Waals surface area contributed by atoms with Crippen molar-refractivity contribution >= 4 is 5.91 Å². The van der Waals surface area contributed by atoms with Crippen LogP contribution in [0.4, 0.5) is 0 Å². The molecule has 0 radical (unpaired) electrons. The number of hydrogen-bond donors (Lipinski definition) is 2. The molecule has 1 aliphatic heterocycles. The second kappa shape index (κ2) is 4.75. The molecule has 0 spiro atoms. The van der Waals surface area contributed by atoms with Crippen LogP contribution in [-0.4, -0.2) is 47.7 Å². The number of hydrogen-bond acceptors (Lipinski definition) is 3. The van der Waals surface area contributed by atoms with E-state index in [0.29, 0.717) is 26.1 Å². The van der Waals surface area contributed by atoms with E-state index in [4.69, 9.17) is 0 Å². The van der Waals surface area contributed by atoms with Crippen LogP contribution in [0.25, 0.3) is 0 Å². The number of aliphatic hydroxyl groups is 1. The van der Waals surface area contributed by atoms with Crippen LogP contribution in [0.15, 0.2) is 0 Å². The van der Waals surface area contributed by atoms with Gasteiger partial charge in [0.25, 0.3) is 0 Å². The smallest absolute Gasteiger partial charge is 0.221 e. The van der Waals surface area contributed by atoms with Crippen molar-refractivity contribution in [3.63, 3.8) is 0 Å². The standard InChI is InChI=1S/C10H20N2O2/c1-3-10(14)7-12(8-10)6-5-9(13)11-4-2/h14H,3-8H2,1-2H3,(H,11,13). The molecule has 0 unspecified atom stereocenters. The molecule has 1 saturated heterocycles. The Kier molecular flexibility index (Phi) is 3.89. The summed E-state index contributed by atoms with van der Waals surface area (Å²) in [5.41, 5.74) is -0.485. The SMILES string of the molecule is CCNC(=O)CCN1CC(O)(CC)C1. The topological polar surface area (TPSA) is 52.6 Å². The molecule has 1 heterocycles. The summed E-state index contributed by atoms with van der Waals surface area (Å²) in [6, 6.07) is 0. The molecule has 0 bridgehead atoms. The van der Waals surface area contributed by atoms with Crippen LogP contribution in [0.1, 0.15) is 26.7 Å². The van der Waals surface area contributed by atoms with E-state index < -0.39 is 5.60 Å². The highest BCUT2D eigenvalue weighted by atomic mass is 16.3. The van der Waals surface area contributed by atoms with E-state index in [0.717, 1.165) is 13.0 Å². The number of β-amino-alcohol motifs (C(OH)–C–C–N with tert-alkyl or cyclic N) is 1. The number of carbonyl (C=O) groups is 1. The van der Waals surface area contributed by atoms with Crippen LogP contribution in [0.2, 0.25) is 0 Å². The highest BCUT2D eigenvalue weighted by molar-refractivity contribution is 5.75. The van der Waals surface area contributed by atoms with Crippen LogP contribution >= 0.6 is 0 Å². The molecular formula is C10H20N2O2. The lowest BCUT2D eigenvalue weighted by Crippen LogP contribution is -2.61. The molecule has 1 aliphatic rings. The Morgan fingerprint density at radius 2 is 2.14 bits per heavy atom. The predicted octanol–water partition coefficient (Wildman–Crippen LogP) is -0.0307. The molecule has 4 heteroatoms. The lowest BCUT2D eigenvalue weighted by Gasteiger charge is -2.46. The van der Waals surface area contributed by atoms with Gasteiger partial charge in [-0.15, -0.1) is 0 Å². The van der Waals surface area contributed by atoms with Crippen LogP contribution in [0.5, 0.6) is 0 Å². The molecule has 14 heavy (non-hydrogen) atoms. The third-order valence-electron chi connectivity index (χ3n) is 2.72. The van der Waals surface area contributed by atoms with E-state index in [1.54, 1.807) is 0 Å². The average molecular weight is 200 g/mol. The molecule has 1 fully saturated rings. The molecule has 1 amide bonds. The molecule has 0 atom stereocenters. The highest BCUT2D eigenvalue weighted by Gasteiger charge is 2.38. The first-order valence-corrected chi connectivity index (χ1v) is 5.31. The monoisotopic (exact) mass is 200 g/mol. The quantitative estimate of drug-likeness (QED) is 0.655. The Labute approximate surface area is 85.3 Å². The van der Waals surface area contributed by atoms with Crippen molar-refractivity contribution in [2.75, 3.05) is 26.2 Å². The molecule has 2 N–H and O–H groups in total. The van der Waals surface area contributed by atoms with E-state index >= 15 is 0 Å². The van der Waals surface area contributed by atoms with Gasteiger partial charge in [0, 0.05) is 32.6 Å². The summed E-state index contributed by atoms with van der Waals surface area (Å²) in [5, 5.41) is 12.5. The molecule has 0 aliphatic carbocycles. The van der Waals surface area contributed by atoms with Crippen molar-refractivity contribution in [1.29, 1.82) is 0 Å². The van der Waals surface area contributed by atoms with Gasteiger partial charge in [-0.3, -0.25) is 9.69 Å². The number of rotatable bonds is 5. The lowest BCUT2D eigenvalue weighted by atomic mass is 9.91. The summed E-state index contributed by atoms with van der Waals surface area (Å²) < 4.78 is 0. The summed E-state index contributed by atoms with van der Waals surface area (Å²) in [6.45, 7) is 6.77. The number of nitrogens with one attached hydrogen (secondary N) is 1. The summed E-state index contributed by atoms with van der Waals surface area (Å²) in [4.78, 5) is 13.2. The van der Waals surface area contributed by atoms with Crippen molar-refractivity contribution in [2.24, 2.45) is 0 Å². The number of nitrogens with zero attached hydrogens (tertiary/aromatic N) is 1. The lowest BCUT2D eigenvalue weighted by molar-refractivity contribution is -0.125. The Balaban J connectivity index is 2.09. The molecule has 0 aromatic carbocycles. The third-order valence-corrected chi connectivity index (χ3v) is 2.72. The first kappa shape index (κ1) is 11.5. The van der Waals surface area contributed by atoms with E-state index in [9.17, 15) is 9.90 Å². The van der Waals surface area contributed by atoms with Gasteiger partial charge in [0.2, 0.25) is 5.91 Å². The largest absolute Gasteiger partial charge is 0.387 e. The number of amides is 1. The first-order valence-electron chi connectivity index (χ1n) is 5.31. The summed E-state index contributed by atoms with van der Waals surface area (Å²) >= 11 is 0. The molecule has 4 nitrogen and oxygen atoms in total. The molecule has 0 saturated carbocycles. The van der Waals surface area contributed by atoms with Gasteiger partial charge in [0.05, 0.1) is 5.60 Å². The van der Waals surface area contributed by atoms with Gasteiger partial charge in [-0.2, -0.15) is 0 Å². The fourth-order valence-electron chi connectivity index (χ4n) is 1.71. The normalized spacial score (nSPS) is 20.2. The van der Waals surface area contributed by atoms with Crippen molar-refractivity contribution in [3.05, 3.63) is 0 Å². The molecule has 0 aromatic heterocycles. The van der Waals surface area contributed by atoms with E-state index in [2.05, 4.69) is 10.2 Å². The van der Waals surface area contributed by atoms with Crippen LogP contribution in [-0.2, 0) is 4.79 Å². The van der Waals surface area contributed by atoms with Gasteiger partial charge in [-0.25, -0.2) is 0 Å². The average Bonchev–Trinajstić information content (AvgIpc) is 2.11. The van der Waals surface area contributed by atoms with E-state index in [1.807, 2.05) is 13.8 Å². The highest BCUT2D eigenvalue weighted by Crippen LogP contribution is 2.23. The van der Waals surface area contributed by atoms with Gasteiger partial charge in [-0.05, 0) is 13.3 Å². The fraction of sp³-hybridized carbons (Fsp3) is 0.900.